The number of aromatic nitrogens is 2. The maximum atomic E-state index is 5.33. The number of rotatable bonds is 3. The summed E-state index contributed by atoms with van der Waals surface area (Å²) in [5.41, 5.74) is 3.53. The second-order valence-corrected chi connectivity index (χ2v) is 4.95. The van der Waals surface area contributed by atoms with Crippen molar-refractivity contribution in [1.82, 2.24) is 9.55 Å². The zero-order chi connectivity index (χ0) is 12.5. The average molecular weight is 245 g/mol. The maximum absolute atomic E-state index is 5.33. The molecule has 0 radical (unpaired) electrons. The summed E-state index contributed by atoms with van der Waals surface area (Å²) in [6.45, 7) is 1.90. The van der Waals surface area contributed by atoms with Crippen LogP contribution >= 0.6 is 0 Å². The third kappa shape index (κ3) is 1.77. The zero-order valence-electron chi connectivity index (χ0n) is 11.0. The molecule has 0 N–H and O–H groups in total. The molecule has 0 bridgehead atoms. The van der Waals surface area contributed by atoms with Crippen molar-refractivity contribution < 1.29 is 4.74 Å². The van der Waals surface area contributed by atoms with Gasteiger partial charge in [-0.2, -0.15) is 0 Å². The Kier molecular flexibility index (Phi) is 2.96. The van der Waals surface area contributed by atoms with Gasteiger partial charge in [0.25, 0.3) is 0 Å². The fraction of sp³-hybridized carbons (Fsp3) is 0.500. The second-order valence-electron chi connectivity index (χ2n) is 4.95. The van der Waals surface area contributed by atoms with Gasteiger partial charge in [0.05, 0.1) is 30.2 Å². The molecule has 0 saturated carbocycles. The van der Waals surface area contributed by atoms with Crippen molar-refractivity contribution in [3.8, 4) is 0 Å². The number of nitrogens with zero attached hydrogens (tertiary/aromatic N) is 3. The number of benzene rings is 1. The second kappa shape index (κ2) is 4.61. The van der Waals surface area contributed by atoms with Crippen molar-refractivity contribution in [2.24, 2.45) is 7.05 Å². The van der Waals surface area contributed by atoms with Crippen LogP contribution in [-0.2, 0) is 11.8 Å². The third-order valence-electron chi connectivity index (χ3n) is 3.78. The molecule has 1 aliphatic rings. The zero-order valence-corrected chi connectivity index (χ0v) is 11.0. The monoisotopic (exact) mass is 245 g/mol. The van der Waals surface area contributed by atoms with Crippen molar-refractivity contribution in [3.05, 3.63) is 24.5 Å². The number of imidazole rings is 1. The van der Waals surface area contributed by atoms with Gasteiger partial charge in [-0.05, 0) is 25.0 Å². The van der Waals surface area contributed by atoms with E-state index in [2.05, 4.69) is 32.7 Å². The molecule has 4 nitrogen and oxygen atoms in total. The molecule has 18 heavy (non-hydrogen) atoms. The normalized spacial score (nSPS) is 19.9. The molecule has 0 amide bonds. The van der Waals surface area contributed by atoms with Gasteiger partial charge in [0.1, 0.15) is 5.52 Å². The number of aryl methyl sites for hydroxylation is 1. The Hall–Kier alpha value is -1.55. The van der Waals surface area contributed by atoms with Crippen LogP contribution in [0.4, 0.5) is 5.69 Å². The van der Waals surface area contributed by atoms with Crippen molar-refractivity contribution >= 4 is 16.7 Å². The van der Waals surface area contributed by atoms with Gasteiger partial charge in [-0.25, -0.2) is 4.98 Å². The lowest BCUT2D eigenvalue weighted by atomic mass is 10.2. The van der Waals surface area contributed by atoms with Crippen LogP contribution in [0.2, 0.25) is 0 Å². The van der Waals surface area contributed by atoms with Crippen LogP contribution in [0.1, 0.15) is 12.8 Å². The highest BCUT2D eigenvalue weighted by Crippen LogP contribution is 2.31. The molecule has 4 heteroatoms. The van der Waals surface area contributed by atoms with E-state index in [4.69, 9.17) is 4.74 Å². The quantitative estimate of drug-likeness (QED) is 0.830. The first-order valence-electron chi connectivity index (χ1n) is 6.47. The molecule has 1 aromatic carbocycles. The van der Waals surface area contributed by atoms with Crippen LogP contribution < -0.4 is 4.90 Å². The lowest BCUT2D eigenvalue weighted by molar-refractivity contribution is 0.181. The van der Waals surface area contributed by atoms with E-state index in [0.717, 1.165) is 18.7 Å². The first-order chi connectivity index (χ1) is 8.81. The molecule has 96 valence electrons. The fourth-order valence-corrected chi connectivity index (χ4v) is 2.89. The highest BCUT2D eigenvalue weighted by molar-refractivity contribution is 5.89. The summed E-state index contributed by atoms with van der Waals surface area (Å²) < 4.78 is 7.40. The van der Waals surface area contributed by atoms with Gasteiger partial charge in [-0.1, -0.05) is 6.07 Å². The van der Waals surface area contributed by atoms with Crippen molar-refractivity contribution in [3.63, 3.8) is 0 Å². The molecule has 1 saturated heterocycles. The summed E-state index contributed by atoms with van der Waals surface area (Å²) in [6, 6.07) is 6.89. The SMILES string of the molecule is COC[C@@H]1CCCN1c1cccc2c1ncn2C. The molecule has 2 aromatic rings. The van der Waals surface area contributed by atoms with E-state index in [1.807, 2.05) is 13.4 Å². The summed E-state index contributed by atoms with van der Waals surface area (Å²) in [5, 5.41) is 0. The molecule has 0 spiro atoms. The van der Waals surface area contributed by atoms with E-state index in [1.54, 1.807) is 7.11 Å². The Balaban J connectivity index is 2.03. The minimum Gasteiger partial charge on any atom is -0.383 e. The highest BCUT2D eigenvalue weighted by Gasteiger charge is 2.26. The van der Waals surface area contributed by atoms with E-state index in [9.17, 15) is 0 Å². The summed E-state index contributed by atoms with van der Waals surface area (Å²) in [4.78, 5) is 6.98. The van der Waals surface area contributed by atoms with Crippen LogP contribution in [0.25, 0.3) is 11.0 Å². The average Bonchev–Trinajstić information content (AvgIpc) is 2.98. The molecule has 1 aromatic heterocycles. The number of methoxy groups -OCH3 is 1. The van der Waals surface area contributed by atoms with Gasteiger partial charge in [0.15, 0.2) is 0 Å². The smallest absolute Gasteiger partial charge is 0.112 e. The Morgan fingerprint density at radius 3 is 3.17 bits per heavy atom. The van der Waals surface area contributed by atoms with Crippen LogP contribution in [-0.4, -0.2) is 35.9 Å². The minimum atomic E-state index is 0.489. The van der Waals surface area contributed by atoms with E-state index in [1.165, 1.54) is 24.0 Å². The van der Waals surface area contributed by atoms with Crippen molar-refractivity contribution in [2.45, 2.75) is 18.9 Å². The summed E-state index contributed by atoms with van der Waals surface area (Å²) >= 11 is 0. The molecule has 0 unspecified atom stereocenters. The summed E-state index contributed by atoms with van der Waals surface area (Å²) in [7, 11) is 3.81. The number of fused-ring (bicyclic) bond motifs is 1. The molecular weight excluding hydrogens is 226 g/mol. The number of ether oxygens (including phenoxy) is 1. The topological polar surface area (TPSA) is 30.3 Å². The lowest BCUT2D eigenvalue weighted by Crippen LogP contribution is -2.32. The maximum Gasteiger partial charge on any atom is 0.112 e. The number of hydrogen-bond donors (Lipinski definition) is 0. The molecule has 1 atom stereocenters. The first kappa shape index (κ1) is 11.5. The van der Waals surface area contributed by atoms with Gasteiger partial charge in [0, 0.05) is 20.7 Å². The van der Waals surface area contributed by atoms with Crippen molar-refractivity contribution in [1.29, 1.82) is 0 Å². The predicted molar refractivity (Wildman–Crippen MR) is 73.0 cm³/mol. The Bertz CT molecular complexity index is 549. The molecule has 3 rings (SSSR count). The van der Waals surface area contributed by atoms with Gasteiger partial charge in [-0.15, -0.1) is 0 Å². The largest absolute Gasteiger partial charge is 0.383 e. The Morgan fingerprint density at radius 2 is 2.33 bits per heavy atom. The summed E-state index contributed by atoms with van der Waals surface area (Å²) in [6.07, 6.45) is 4.32. The third-order valence-corrected chi connectivity index (χ3v) is 3.78. The Morgan fingerprint density at radius 1 is 1.44 bits per heavy atom. The number of anilines is 1. The van der Waals surface area contributed by atoms with Gasteiger partial charge < -0.3 is 14.2 Å². The van der Waals surface area contributed by atoms with E-state index in [-0.39, 0.29) is 0 Å². The molecular formula is C14H19N3O. The molecule has 1 fully saturated rings. The fourth-order valence-electron chi connectivity index (χ4n) is 2.89. The van der Waals surface area contributed by atoms with Crippen molar-refractivity contribution in [2.75, 3.05) is 25.2 Å². The van der Waals surface area contributed by atoms with Crippen LogP contribution in [0.3, 0.4) is 0 Å². The molecule has 1 aliphatic heterocycles. The van der Waals surface area contributed by atoms with E-state index < -0.39 is 0 Å². The number of para-hydroxylation sites is 1. The first-order valence-corrected chi connectivity index (χ1v) is 6.47. The van der Waals surface area contributed by atoms with Crippen LogP contribution in [0.5, 0.6) is 0 Å². The van der Waals surface area contributed by atoms with Crippen LogP contribution in [0.15, 0.2) is 24.5 Å². The standard InChI is InChI=1S/C14H19N3O/c1-16-10-15-14-12(16)6-3-7-13(14)17-8-4-5-11(17)9-18-2/h3,6-7,10-11H,4-5,8-9H2,1-2H3/t11-/m0/s1. The molecule has 0 aliphatic carbocycles. The van der Waals surface area contributed by atoms with Gasteiger partial charge >= 0.3 is 0 Å². The van der Waals surface area contributed by atoms with Crippen LogP contribution in [0, 0.1) is 0 Å². The Labute approximate surface area is 107 Å². The van der Waals surface area contributed by atoms with E-state index in [0.29, 0.717) is 6.04 Å². The molecule has 2 heterocycles. The minimum absolute atomic E-state index is 0.489. The summed E-state index contributed by atoms with van der Waals surface area (Å²) in [5.74, 6) is 0. The highest BCUT2D eigenvalue weighted by atomic mass is 16.5. The van der Waals surface area contributed by atoms with Gasteiger partial charge in [0.2, 0.25) is 0 Å². The predicted octanol–water partition coefficient (Wildman–Crippen LogP) is 2.19. The number of hydrogen-bond acceptors (Lipinski definition) is 3. The van der Waals surface area contributed by atoms with Gasteiger partial charge in [-0.3, -0.25) is 0 Å². The van der Waals surface area contributed by atoms with E-state index >= 15 is 0 Å². The lowest BCUT2D eigenvalue weighted by Gasteiger charge is -2.26.